The van der Waals surface area contributed by atoms with Crippen LogP contribution in [0.4, 0.5) is 0 Å². The fraction of sp³-hybridized carbons (Fsp3) is 0.350. The molecule has 0 radical (unpaired) electrons. The minimum absolute atomic E-state index is 0.0614. The molecule has 2 aromatic rings. The van der Waals surface area contributed by atoms with Crippen molar-refractivity contribution in [2.24, 2.45) is 5.73 Å². The summed E-state index contributed by atoms with van der Waals surface area (Å²) >= 11 is 5.98. The predicted molar refractivity (Wildman–Crippen MR) is 99.9 cm³/mol. The molecule has 25 heavy (non-hydrogen) atoms. The van der Waals surface area contributed by atoms with Crippen molar-refractivity contribution in [3.63, 3.8) is 0 Å². The van der Waals surface area contributed by atoms with Crippen molar-refractivity contribution in [2.45, 2.75) is 44.4 Å². The van der Waals surface area contributed by atoms with Gasteiger partial charge in [0, 0.05) is 22.7 Å². The number of hydrogen-bond acceptors (Lipinski definition) is 3. The van der Waals surface area contributed by atoms with Gasteiger partial charge in [-0.25, -0.2) is 0 Å². The Morgan fingerprint density at radius 2 is 1.88 bits per heavy atom. The van der Waals surface area contributed by atoms with Gasteiger partial charge in [-0.2, -0.15) is 0 Å². The Labute approximate surface area is 153 Å². The minimum Gasteiger partial charge on any atom is -0.489 e. The van der Waals surface area contributed by atoms with E-state index >= 15 is 0 Å². The van der Waals surface area contributed by atoms with Gasteiger partial charge >= 0.3 is 0 Å². The number of carbonyl (C=O) groups excluding carboxylic acids is 1. The summed E-state index contributed by atoms with van der Waals surface area (Å²) in [5.41, 5.74) is 7.51. The van der Waals surface area contributed by atoms with E-state index in [9.17, 15) is 4.79 Å². The Hall–Kier alpha value is -2.04. The summed E-state index contributed by atoms with van der Waals surface area (Å²) in [7, 11) is 0. The third kappa shape index (κ3) is 5.21. The molecule has 1 amide bonds. The number of ether oxygens (including phenoxy) is 1. The second kappa shape index (κ2) is 8.37. The second-order valence-electron chi connectivity index (χ2n) is 6.53. The Morgan fingerprint density at radius 3 is 2.64 bits per heavy atom. The first-order valence-corrected chi connectivity index (χ1v) is 9.02. The maximum absolute atomic E-state index is 12.5. The van der Waals surface area contributed by atoms with Gasteiger partial charge in [-0.3, -0.25) is 4.79 Å². The van der Waals surface area contributed by atoms with E-state index in [2.05, 4.69) is 5.32 Å². The molecule has 0 atom stereocenters. The van der Waals surface area contributed by atoms with E-state index in [4.69, 9.17) is 22.1 Å². The number of rotatable bonds is 5. The van der Waals surface area contributed by atoms with Gasteiger partial charge in [0.15, 0.2) is 0 Å². The van der Waals surface area contributed by atoms with Crippen molar-refractivity contribution in [2.75, 3.05) is 0 Å². The van der Waals surface area contributed by atoms with Crippen LogP contribution in [0.2, 0.25) is 5.02 Å². The van der Waals surface area contributed by atoms with Crippen LogP contribution in [0.25, 0.3) is 0 Å². The fourth-order valence-corrected chi connectivity index (χ4v) is 3.27. The molecule has 0 bridgehead atoms. The van der Waals surface area contributed by atoms with E-state index in [1.54, 1.807) is 12.1 Å². The Kier molecular flexibility index (Phi) is 5.95. The average Bonchev–Trinajstić information content (AvgIpc) is 2.62. The molecule has 5 heteroatoms. The van der Waals surface area contributed by atoms with E-state index < -0.39 is 0 Å². The molecule has 1 aliphatic rings. The predicted octanol–water partition coefficient (Wildman–Crippen LogP) is 3.92. The number of amides is 1. The Balaban J connectivity index is 1.58. The van der Waals surface area contributed by atoms with E-state index in [0.717, 1.165) is 31.2 Å². The zero-order valence-corrected chi connectivity index (χ0v) is 14.8. The molecule has 4 nitrogen and oxygen atoms in total. The van der Waals surface area contributed by atoms with Gasteiger partial charge in [0.2, 0.25) is 0 Å². The summed E-state index contributed by atoms with van der Waals surface area (Å²) in [4.78, 5) is 12.5. The summed E-state index contributed by atoms with van der Waals surface area (Å²) in [6, 6.07) is 15.3. The summed E-state index contributed by atoms with van der Waals surface area (Å²) in [6.45, 7) is 0.409. The molecule has 1 fully saturated rings. The Bertz CT molecular complexity index is 727. The van der Waals surface area contributed by atoms with Crippen LogP contribution in [-0.4, -0.2) is 18.0 Å². The SMILES string of the molecule is NC1CCC(NC(=O)c2cccc(OCc3cccc(Cl)c3)c2)CC1. The van der Waals surface area contributed by atoms with Crippen LogP contribution >= 0.6 is 11.6 Å². The van der Waals surface area contributed by atoms with Crippen molar-refractivity contribution >= 4 is 17.5 Å². The van der Waals surface area contributed by atoms with E-state index in [1.165, 1.54) is 0 Å². The lowest BCUT2D eigenvalue weighted by atomic mass is 9.91. The van der Waals surface area contributed by atoms with Crippen molar-refractivity contribution in [3.8, 4) is 5.75 Å². The first kappa shape index (κ1) is 17.8. The zero-order chi connectivity index (χ0) is 17.6. The molecule has 1 aliphatic carbocycles. The smallest absolute Gasteiger partial charge is 0.251 e. The van der Waals surface area contributed by atoms with Crippen LogP contribution in [0.3, 0.4) is 0 Å². The molecule has 0 saturated heterocycles. The van der Waals surface area contributed by atoms with Gasteiger partial charge in [-0.15, -0.1) is 0 Å². The van der Waals surface area contributed by atoms with Crippen molar-refractivity contribution in [1.82, 2.24) is 5.32 Å². The zero-order valence-electron chi connectivity index (χ0n) is 14.1. The number of halogens is 1. The number of benzene rings is 2. The van der Waals surface area contributed by atoms with Gasteiger partial charge in [0.1, 0.15) is 12.4 Å². The summed E-state index contributed by atoms with van der Waals surface area (Å²) < 4.78 is 5.79. The monoisotopic (exact) mass is 358 g/mol. The molecule has 0 heterocycles. The quantitative estimate of drug-likeness (QED) is 0.851. The van der Waals surface area contributed by atoms with Crippen LogP contribution in [0.1, 0.15) is 41.6 Å². The molecule has 3 N–H and O–H groups in total. The van der Waals surface area contributed by atoms with E-state index in [-0.39, 0.29) is 18.0 Å². The molecule has 0 aliphatic heterocycles. The molecule has 0 unspecified atom stereocenters. The van der Waals surface area contributed by atoms with Gasteiger partial charge in [0.25, 0.3) is 5.91 Å². The average molecular weight is 359 g/mol. The Morgan fingerprint density at radius 1 is 1.12 bits per heavy atom. The van der Waals surface area contributed by atoms with Crippen LogP contribution in [-0.2, 0) is 6.61 Å². The third-order valence-electron chi connectivity index (χ3n) is 4.50. The molecular formula is C20H23ClN2O2. The van der Waals surface area contributed by atoms with E-state index in [1.807, 2.05) is 36.4 Å². The lowest BCUT2D eigenvalue weighted by Gasteiger charge is -2.26. The maximum atomic E-state index is 12.5. The van der Waals surface area contributed by atoms with Crippen LogP contribution in [0, 0.1) is 0 Å². The third-order valence-corrected chi connectivity index (χ3v) is 4.73. The van der Waals surface area contributed by atoms with Gasteiger partial charge in [-0.1, -0.05) is 29.8 Å². The lowest BCUT2D eigenvalue weighted by molar-refractivity contribution is 0.0925. The standard InChI is InChI=1S/C20H23ClN2O2/c21-16-5-1-3-14(11-16)13-25-19-6-2-4-15(12-19)20(24)23-18-9-7-17(22)8-10-18/h1-6,11-12,17-18H,7-10,13,22H2,(H,23,24). The molecule has 2 aromatic carbocycles. The van der Waals surface area contributed by atoms with Crippen LogP contribution in [0.15, 0.2) is 48.5 Å². The molecule has 0 spiro atoms. The highest BCUT2D eigenvalue weighted by Gasteiger charge is 2.20. The largest absolute Gasteiger partial charge is 0.489 e. The topological polar surface area (TPSA) is 64.3 Å². The minimum atomic E-state index is -0.0614. The normalized spacial score (nSPS) is 20.1. The molecule has 3 rings (SSSR count). The van der Waals surface area contributed by atoms with Crippen molar-refractivity contribution < 1.29 is 9.53 Å². The highest BCUT2D eigenvalue weighted by atomic mass is 35.5. The first-order valence-electron chi connectivity index (χ1n) is 8.64. The van der Waals surface area contributed by atoms with Crippen molar-refractivity contribution in [3.05, 3.63) is 64.7 Å². The van der Waals surface area contributed by atoms with Gasteiger partial charge in [-0.05, 0) is 61.6 Å². The first-order chi connectivity index (χ1) is 12.1. The fourth-order valence-electron chi connectivity index (χ4n) is 3.05. The number of carbonyl (C=O) groups is 1. The summed E-state index contributed by atoms with van der Waals surface area (Å²) in [6.07, 6.45) is 3.82. The van der Waals surface area contributed by atoms with Crippen LogP contribution < -0.4 is 15.8 Å². The molecule has 0 aromatic heterocycles. The second-order valence-corrected chi connectivity index (χ2v) is 6.97. The van der Waals surface area contributed by atoms with Crippen LogP contribution in [0.5, 0.6) is 5.75 Å². The highest BCUT2D eigenvalue weighted by molar-refractivity contribution is 6.30. The molecule has 1 saturated carbocycles. The molecular weight excluding hydrogens is 336 g/mol. The summed E-state index contributed by atoms with van der Waals surface area (Å²) in [5.74, 6) is 0.604. The number of nitrogens with one attached hydrogen (secondary N) is 1. The maximum Gasteiger partial charge on any atom is 0.251 e. The van der Waals surface area contributed by atoms with Crippen molar-refractivity contribution in [1.29, 1.82) is 0 Å². The summed E-state index contributed by atoms with van der Waals surface area (Å²) in [5, 5.41) is 3.78. The number of nitrogens with two attached hydrogens (primary N) is 1. The van der Waals surface area contributed by atoms with Gasteiger partial charge < -0.3 is 15.8 Å². The molecule has 132 valence electrons. The number of hydrogen-bond donors (Lipinski definition) is 2. The van der Waals surface area contributed by atoms with E-state index in [0.29, 0.717) is 22.9 Å². The lowest BCUT2D eigenvalue weighted by Crippen LogP contribution is -2.40. The highest BCUT2D eigenvalue weighted by Crippen LogP contribution is 2.19. The van der Waals surface area contributed by atoms with Gasteiger partial charge in [0.05, 0.1) is 0 Å².